The van der Waals surface area contributed by atoms with E-state index in [2.05, 4.69) is 18.3 Å². The lowest BCUT2D eigenvalue weighted by atomic mass is 10.1. The molecule has 0 spiro atoms. The second-order valence-corrected chi connectivity index (χ2v) is 4.52. The zero-order valence-corrected chi connectivity index (χ0v) is 11.2. The predicted molar refractivity (Wildman–Crippen MR) is 70.3 cm³/mol. The Balaban J connectivity index is 2.14. The lowest BCUT2D eigenvalue weighted by molar-refractivity contribution is 0.138. The molecule has 0 aromatic heterocycles. The van der Waals surface area contributed by atoms with Crippen LogP contribution < -0.4 is 14.8 Å². The van der Waals surface area contributed by atoms with Gasteiger partial charge in [0.1, 0.15) is 6.10 Å². The predicted octanol–water partition coefficient (Wildman–Crippen LogP) is 2.14. The highest BCUT2D eigenvalue weighted by Gasteiger charge is 2.19. The number of rotatable bonds is 5. The van der Waals surface area contributed by atoms with E-state index in [4.69, 9.17) is 14.2 Å². The zero-order valence-electron chi connectivity index (χ0n) is 11.2. The number of methoxy groups -OCH3 is 1. The van der Waals surface area contributed by atoms with Gasteiger partial charge < -0.3 is 19.5 Å². The Labute approximate surface area is 108 Å². The molecule has 0 saturated carbocycles. The molecule has 0 aliphatic carbocycles. The minimum absolute atomic E-state index is 0.145. The van der Waals surface area contributed by atoms with Crippen LogP contribution in [0.1, 0.15) is 24.9 Å². The number of ether oxygens (including phenoxy) is 3. The van der Waals surface area contributed by atoms with Gasteiger partial charge in [0.2, 0.25) is 0 Å². The van der Waals surface area contributed by atoms with E-state index in [1.54, 1.807) is 7.11 Å². The minimum Gasteiger partial charge on any atom is -0.493 e. The van der Waals surface area contributed by atoms with E-state index < -0.39 is 0 Å². The third-order valence-electron chi connectivity index (χ3n) is 3.30. The van der Waals surface area contributed by atoms with Crippen LogP contribution in [0.15, 0.2) is 18.2 Å². The van der Waals surface area contributed by atoms with Crippen molar-refractivity contribution in [3.8, 4) is 11.5 Å². The summed E-state index contributed by atoms with van der Waals surface area (Å²) in [6, 6.07) is 6.35. The van der Waals surface area contributed by atoms with E-state index in [1.165, 1.54) is 5.56 Å². The highest BCUT2D eigenvalue weighted by atomic mass is 16.6. The fraction of sp³-hybridized carbons (Fsp3) is 0.571. The standard InChI is InChI=1S/C14H21NO3/c1-10(15-2)11-4-5-13(14(8-11)16-3)18-12-6-7-17-9-12/h4-5,8,10,12,15H,6-7,9H2,1-3H3. The molecule has 0 radical (unpaired) electrons. The largest absolute Gasteiger partial charge is 0.493 e. The number of hydrogen-bond donors (Lipinski definition) is 1. The van der Waals surface area contributed by atoms with Gasteiger partial charge in [0.05, 0.1) is 20.3 Å². The van der Waals surface area contributed by atoms with Gasteiger partial charge in [0, 0.05) is 12.5 Å². The van der Waals surface area contributed by atoms with Gasteiger partial charge in [-0.05, 0) is 31.7 Å². The van der Waals surface area contributed by atoms with Crippen molar-refractivity contribution in [2.24, 2.45) is 0 Å². The smallest absolute Gasteiger partial charge is 0.161 e. The van der Waals surface area contributed by atoms with Crippen molar-refractivity contribution in [3.05, 3.63) is 23.8 Å². The molecule has 2 atom stereocenters. The van der Waals surface area contributed by atoms with Crippen LogP contribution >= 0.6 is 0 Å². The highest BCUT2D eigenvalue weighted by Crippen LogP contribution is 2.31. The fourth-order valence-electron chi connectivity index (χ4n) is 2.00. The average molecular weight is 251 g/mol. The fourth-order valence-corrected chi connectivity index (χ4v) is 2.00. The maximum atomic E-state index is 5.90. The topological polar surface area (TPSA) is 39.7 Å². The van der Waals surface area contributed by atoms with Crippen molar-refractivity contribution < 1.29 is 14.2 Å². The molecule has 100 valence electrons. The monoisotopic (exact) mass is 251 g/mol. The van der Waals surface area contributed by atoms with Gasteiger partial charge in [-0.3, -0.25) is 0 Å². The second-order valence-electron chi connectivity index (χ2n) is 4.52. The van der Waals surface area contributed by atoms with Crippen molar-refractivity contribution in [1.29, 1.82) is 0 Å². The van der Waals surface area contributed by atoms with Crippen LogP contribution in [0, 0.1) is 0 Å². The first-order valence-electron chi connectivity index (χ1n) is 6.34. The molecule has 1 aliphatic heterocycles. The Bertz CT molecular complexity index is 389. The molecule has 1 fully saturated rings. The molecular weight excluding hydrogens is 230 g/mol. The van der Waals surface area contributed by atoms with Crippen LogP contribution in [0.4, 0.5) is 0 Å². The third kappa shape index (κ3) is 2.94. The Hall–Kier alpha value is -1.26. The van der Waals surface area contributed by atoms with Crippen LogP contribution in [-0.2, 0) is 4.74 Å². The van der Waals surface area contributed by atoms with Gasteiger partial charge in [-0.15, -0.1) is 0 Å². The molecule has 4 nitrogen and oxygen atoms in total. The average Bonchev–Trinajstić information content (AvgIpc) is 2.91. The second kappa shape index (κ2) is 6.07. The molecule has 1 saturated heterocycles. The summed E-state index contributed by atoms with van der Waals surface area (Å²) in [6.45, 7) is 3.56. The van der Waals surface area contributed by atoms with Gasteiger partial charge in [0.15, 0.2) is 11.5 Å². The SMILES string of the molecule is CNC(C)c1ccc(OC2CCOC2)c(OC)c1. The lowest BCUT2D eigenvalue weighted by Gasteiger charge is -2.17. The van der Waals surface area contributed by atoms with Crippen LogP contribution in [0.2, 0.25) is 0 Å². The first-order chi connectivity index (χ1) is 8.74. The summed E-state index contributed by atoms with van der Waals surface area (Å²) in [5.41, 5.74) is 1.18. The van der Waals surface area contributed by atoms with E-state index in [-0.39, 0.29) is 6.10 Å². The number of benzene rings is 1. The van der Waals surface area contributed by atoms with Crippen molar-refractivity contribution >= 4 is 0 Å². The summed E-state index contributed by atoms with van der Waals surface area (Å²) >= 11 is 0. The molecule has 4 heteroatoms. The Morgan fingerprint density at radius 3 is 2.83 bits per heavy atom. The molecule has 0 amide bonds. The Kier molecular flexibility index (Phi) is 4.44. The van der Waals surface area contributed by atoms with Crippen molar-refractivity contribution in [2.75, 3.05) is 27.4 Å². The van der Waals surface area contributed by atoms with Crippen molar-refractivity contribution in [3.63, 3.8) is 0 Å². The van der Waals surface area contributed by atoms with Gasteiger partial charge in [0.25, 0.3) is 0 Å². The van der Waals surface area contributed by atoms with Crippen LogP contribution in [0.5, 0.6) is 11.5 Å². The summed E-state index contributed by atoms with van der Waals surface area (Å²) in [7, 11) is 3.61. The van der Waals surface area contributed by atoms with Gasteiger partial charge >= 0.3 is 0 Å². The summed E-state index contributed by atoms with van der Waals surface area (Å²) in [5.74, 6) is 1.57. The molecular formula is C14H21NO3. The van der Waals surface area contributed by atoms with E-state index in [9.17, 15) is 0 Å². The summed E-state index contributed by atoms with van der Waals surface area (Å²) in [6.07, 6.45) is 1.09. The molecule has 1 N–H and O–H groups in total. The number of nitrogens with one attached hydrogen (secondary N) is 1. The lowest BCUT2D eigenvalue weighted by Crippen LogP contribution is -2.16. The summed E-state index contributed by atoms with van der Waals surface area (Å²) in [5, 5.41) is 3.21. The molecule has 1 aliphatic rings. The van der Waals surface area contributed by atoms with Gasteiger partial charge in [-0.2, -0.15) is 0 Å². The Morgan fingerprint density at radius 1 is 1.39 bits per heavy atom. The van der Waals surface area contributed by atoms with Crippen molar-refractivity contribution in [2.45, 2.75) is 25.5 Å². The first-order valence-corrected chi connectivity index (χ1v) is 6.34. The van der Waals surface area contributed by atoms with Crippen LogP contribution in [0.3, 0.4) is 0 Å². The molecule has 1 aromatic rings. The maximum Gasteiger partial charge on any atom is 0.161 e. The molecule has 2 unspecified atom stereocenters. The molecule has 2 rings (SSSR count). The highest BCUT2D eigenvalue weighted by molar-refractivity contribution is 5.44. The maximum absolute atomic E-state index is 5.90. The molecule has 0 bridgehead atoms. The van der Waals surface area contributed by atoms with Gasteiger partial charge in [-0.25, -0.2) is 0 Å². The van der Waals surface area contributed by atoms with Crippen LogP contribution in [-0.4, -0.2) is 33.5 Å². The molecule has 18 heavy (non-hydrogen) atoms. The Morgan fingerprint density at radius 2 is 2.22 bits per heavy atom. The van der Waals surface area contributed by atoms with E-state index in [0.717, 1.165) is 24.5 Å². The van der Waals surface area contributed by atoms with E-state index >= 15 is 0 Å². The molecule has 1 heterocycles. The third-order valence-corrected chi connectivity index (χ3v) is 3.30. The quantitative estimate of drug-likeness (QED) is 0.870. The summed E-state index contributed by atoms with van der Waals surface area (Å²) in [4.78, 5) is 0. The number of hydrogen-bond acceptors (Lipinski definition) is 4. The normalized spacial score (nSPS) is 20.7. The van der Waals surface area contributed by atoms with Crippen molar-refractivity contribution in [1.82, 2.24) is 5.32 Å². The summed E-state index contributed by atoms with van der Waals surface area (Å²) < 4.78 is 16.6. The van der Waals surface area contributed by atoms with Crippen LogP contribution in [0.25, 0.3) is 0 Å². The zero-order chi connectivity index (χ0) is 13.0. The molecule has 1 aromatic carbocycles. The van der Waals surface area contributed by atoms with E-state index in [1.807, 2.05) is 19.2 Å². The first kappa shape index (κ1) is 13.2. The van der Waals surface area contributed by atoms with Gasteiger partial charge in [-0.1, -0.05) is 6.07 Å². The minimum atomic E-state index is 0.145. The van der Waals surface area contributed by atoms with E-state index in [0.29, 0.717) is 12.6 Å².